The number of aliphatic hydroxyl groups excluding tert-OH is 1. The lowest BCUT2D eigenvalue weighted by atomic mass is 10.1. The molecule has 0 bridgehead atoms. The van der Waals surface area contributed by atoms with Gasteiger partial charge < -0.3 is 20.1 Å². The number of hydrogen-bond donors (Lipinski definition) is 2. The van der Waals surface area contributed by atoms with Crippen molar-refractivity contribution in [2.24, 2.45) is 0 Å². The van der Waals surface area contributed by atoms with Crippen LogP contribution in [0.25, 0.3) is 0 Å². The Morgan fingerprint density at radius 1 is 1.30 bits per heavy atom. The molecule has 1 aliphatic rings. The summed E-state index contributed by atoms with van der Waals surface area (Å²) in [6, 6.07) is 4.88. The minimum atomic E-state index is -0.998. The molecule has 148 valence electrons. The van der Waals surface area contributed by atoms with Crippen LogP contribution in [0.3, 0.4) is 0 Å². The van der Waals surface area contributed by atoms with Gasteiger partial charge in [0.05, 0.1) is 12.5 Å². The van der Waals surface area contributed by atoms with Crippen molar-refractivity contribution in [3.05, 3.63) is 35.6 Å². The summed E-state index contributed by atoms with van der Waals surface area (Å²) < 4.78 is 18.8. The Balaban J connectivity index is 1.98. The van der Waals surface area contributed by atoms with Gasteiger partial charge in [-0.05, 0) is 32.4 Å². The summed E-state index contributed by atoms with van der Waals surface area (Å²) in [6.45, 7) is 4.87. The number of carbonyl (C=O) groups is 3. The highest BCUT2D eigenvalue weighted by Crippen LogP contribution is 2.21. The molecule has 27 heavy (non-hydrogen) atoms. The average molecular weight is 380 g/mol. The van der Waals surface area contributed by atoms with Crippen LogP contribution in [0.4, 0.5) is 4.39 Å². The number of likely N-dealkylation sites (tertiary alicyclic amines) is 1. The summed E-state index contributed by atoms with van der Waals surface area (Å²) in [5.41, 5.74) is -0.255. The number of carbonyl (C=O) groups excluding carboxylic acids is 3. The smallest absolute Gasteiger partial charge is 0.329 e. The first kappa shape index (κ1) is 20.8. The third-order valence-corrected chi connectivity index (χ3v) is 4.03. The van der Waals surface area contributed by atoms with Crippen molar-refractivity contribution >= 4 is 17.8 Å². The number of nitrogens with zero attached hydrogens (tertiary/aromatic N) is 1. The predicted molar refractivity (Wildman–Crippen MR) is 95.1 cm³/mol. The van der Waals surface area contributed by atoms with Gasteiger partial charge in [-0.15, -0.1) is 0 Å². The van der Waals surface area contributed by atoms with Gasteiger partial charge in [0.1, 0.15) is 11.9 Å². The molecule has 0 aromatic heterocycles. The van der Waals surface area contributed by atoms with Gasteiger partial charge >= 0.3 is 5.97 Å². The lowest BCUT2D eigenvalue weighted by molar-refractivity contribution is -0.156. The number of rotatable bonds is 5. The van der Waals surface area contributed by atoms with E-state index in [2.05, 4.69) is 5.32 Å². The van der Waals surface area contributed by atoms with E-state index in [1.54, 1.807) is 26.8 Å². The van der Waals surface area contributed by atoms with Gasteiger partial charge in [0.2, 0.25) is 5.91 Å². The Morgan fingerprint density at radius 2 is 1.96 bits per heavy atom. The zero-order valence-electron chi connectivity index (χ0n) is 15.7. The van der Waals surface area contributed by atoms with Crippen LogP contribution in [0.2, 0.25) is 0 Å². The molecule has 1 saturated heterocycles. The van der Waals surface area contributed by atoms with Crippen molar-refractivity contribution in [3.63, 3.8) is 0 Å². The van der Waals surface area contributed by atoms with E-state index in [1.807, 2.05) is 0 Å². The SMILES string of the molecule is CC(C)(C)NC(=O)COC(=O)C1CC(O)CN1C(=O)Cc1ccccc1F. The molecule has 0 saturated carbocycles. The monoisotopic (exact) mass is 380 g/mol. The number of benzene rings is 1. The fourth-order valence-corrected chi connectivity index (χ4v) is 2.91. The molecule has 7 nitrogen and oxygen atoms in total. The maximum atomic E-state index is 13.8. The third-order valence-electron chi connectivity index (χ3n) is 4.03. The highest BCUT2D eigenvalue weighted by Gasteiger charge is 2.40. The van der Waals surface area contributed by atoms with Gasteiger partial charge in [0.25, 0.3) is 5.91 Å². The quantitative estimate of drug-likeness (QED) is 0.737. The first-order valence-electron chi connectivity index (χ1n) is 8.75. The van der Waals surface area contributed by atoms with Gasteiger partial charge in [-0.25, -0.2) is 9.18 Å². The highest BCUT2D eigenvalue weighted by molar-refractivity contribution is 5.88. The molecule has 0 aliphatic carbocycles. The molecule has 2 atom stereocenters. The largest absolute Gasteiger partial charge is 0.454 e. The maximum Gasteiger partial charge on any atom is 0.329 e. The van der Waals surface area contributed by atoms with Crippen molar-refractivity contribution in [1.29, 1.82) is 0 Å². The van der Waals surface area contributed by atoms with Crippen molar-refractivity contribution in [2.45, 2.75) is 51.3 Å². The van der Waals surface area contributed by atoms with Crippen molar-refractivity contribution in [2.75, 3.05) is 13.2 Å². The first-order chi connectivity index (χ1) is 12.6. The Bertz CT molecular complexity index is 716. The molecule has 2 amide bonds. The Morgan fingerprint density at radius 3 is 2.59 bits per heavy atom. The summed E-state index contributed by atoms with van der Waals surface area (Å²) in [4.78, 5) is 37.8. The number of nitrogens with one attached hydrogen (secondary N) is 1. The summed E-state index contributed by atoms with van der Waals surface area (Å²) in [7, 11) is 0. The average Bonchev–Trinajstić information content (AvgIpc) is 2.95. The normalized spacial score (nSPS) is 19.7. The molecular formula is C19H25FN2O5. The molecular weight excluding hydrogens is 355 g/mol. The van der Waals surface area contributed by atoms with Crippen LogP contribution in [0.15, 0.2) is 24.3 Å². The third kappa shape index (κ3) is 6.02. The number of esters is 1. The van der Waals surface area contributed by atoms with Crippen LogP contribution in [-0.2, 0) is 25.5 Å². The number of halogens is 1. The first-order valence-corrected chi connectivity index (χ1v) is 8.75. The summed E-state index contributed by atoms with van der Waals surface area (Å²) >= 11 is 0. The predicted octanol–water partition coefficient (Wildman–Crippen LogP) is 0.788. The van der Waals surface area contributed by atoms with E-state index in [4.69, 9.17) is 4.74 Å². The van der Waals surface area contributed by atoms with Crippen molar-refractivity contribution < 1.29 is 28.6 Å². The number of hydrogen-bond acceptors (Lipinski definition) is 5. The minimum absolute atomic E-state index is 0.0166. The zero-order chi connectivity index (χ0) is 20.2. The standard InChI is InChI=1S/C19H25FN2O5/c1-19(2,3)21-16(24)11-27-18(26)15-9-13(23)10-22(15)17(25)8-12-6-4-5-7-14(12)20/h4-7,13,15,23H,8-11H2,1-3H3,(H,21,24). The van der Waals surface area contributed by atoms with Gasteiger partial charge in [-0.3, -0.25) is 9.59 Å². The molecule has 2 rings (SSSR count). The van der Waals surface area contributed by atoms with Crippen LogP contribution in [0.5, 0.6) is 0 Å². The summed E-state index contributed by atoms with van der Waals surface area (Å²) in [6.07, 6.45) is -1.09. The number of β-amino-alcohol motifs (C(OH)–C–C–N with tert-alkyl or cyclic N) is 1. The van der Waals surface area contributed by atoms with Crippen LogP contribution in [0, 0.1) is 5.82 Å². The van der Waals surface area contributed by atoms with Gasteiger partial charge in [0, 0.05) is 18.5 Å². The zero-order valence-corrected chi connectivity index (χ0v) is 15.7. The van der Waals surface area contributed by atoms with E-state index in [0.717, 1.165) is 0 Å². The molecule has 0 spiro atoms. The van der Waals surface area contributed by atoms with Crippen molar-refractivity contribution in [1.82, 2.24) is 10.2 Å². The molecule has 1 fully saturated rings. The molecule has 8 heteroatoms. The lowest BCUT2D eigenvalue weighted by Gasteiger charge is -2.24. The van der Waals surface area contributed by atoms with E-state index in [0.29, 0.717) is 0 Å². The number of ether oxygens (including phenoxy) is 1. The van der Waals surface area contributed by atoms with Crippen LogP contribution >= 0.6 is 0 Å². The molecule has 1 heterocycles. The van der Waals surface area contributed by atoms with E-state index in [-0.39, 0.29) is 24.9 Å². The van der Waals surface area contributed by atoms with E-state index < -0.39 is 47.9 Å². The topological polar surface area (TPSA) is 95.9 Å². The molecule has 1 aromatic rings. The van der Waals surface area contributed by atoms with E-state index >= 15 is 0 Å². The maximum absolute atomic E-state index is 13.8. The Hall–Kier alpha value is -2.48. The van der Waals surface area contributed by atoms with Crippen LogP contribution in [-0.4, -0.2) is 58.6 Å². The lowest BCUT2D eigenvalue weighted by Crippen LogP contribution is -2.45. The fourth-order valence-electron chi connectivity index (χ4n) is 2.91. The van der Waals surface area contributed by atoms with Gasteiger partial charge in [-0.1, -0.05) is 18.2 Å². The second-order valence-corrected chi connectivity index (χ2v) is 7.63. The highest BCUT2D eigenvalue weighted by atomic mass is 19.1. The molecule has 0 radical (unpaired) electrons. The van der Waals surface area contributed by atoms with E-state index in [9.17, 15) is 23.9 Å². The second kappa shape index (κ2) is 8.47. The van der Waals surface area contributed by atoms with E-state index in [1.165, 1.54) is 23.1 Å². The summed E-state index contributed by atoms with van der Waals surface area (Å²) in [5, 5.41) is 12.5. The summed E-state index contributed by atoms with van der Waals surface area (Å²) in [5.74, 6) is -2.22. The Labute approximate surface area is 157 Å². The van der Waals surface area contributed by atoms with Crippen molar-refractivity contribution in [3.8, 4) is 0 Å². The Kier molecular flexibility index (Phi) is 6.54. The fraction of sp³-hybridized carbons (Fsp3) is 0.526. The number of aliphatic hydroxyl groups is 1. The van der Waals surface area contributed by atoms with Crippen LogP contribution in [0.1, 0.15) is 32.8 Å². The van der Waals surface area contributed by atoms with Gasteiger partial charge in [-0.2, -0.15) is 0 Å². The minimum Gasteiger partial charge on any atom is -0.454 e. The molecule has 1 aromatic carbocycles. The molecule has 1 aliphatic heterocycles. The van der Waals surface area contributed by atoms with Gasteiger partial charge in [0.15, 0.2) is 6.61 Å². The van der Waals surface area contributed by atoms with Crippen LogP contribution < -0.4 is 5.32 Å². The molecule has 2 unspecified atom stereocenters. The molecule has 2 N–H and O–H groups in total. The number of amides is 2. The second-order valence-electron chi connectivity index (χ2n) is 7.63.